The Kier molecular flexibility index (Phi) is 3.84. The second kappa shape index (κ2) is 4.94. The quantitative estimate of drug-likeness (QED) is 0.681. The van der Waals surface area contributed by atoms with Gasteiger partial charge in [0.15, 0.2) is 0 Å². The Bertz CT molecular complexity index is 486. The van der Waals surface area contributed by atoms with Crippen molar-refractivity contribution < 1.29 is 0 Å². The molecule has 0 amide bonds. The molecule has 0 aliphatic carbocycles. The van der Waals surface area contributed by atoms with Gasteiger partial charge in [0.05, 0.1) is 22.1 Å². The molecule has 4 heteroatoms. The van der Waals surface area contributed by atoms with Crippen molar-refractivity contribution in [2.75, 3.05) is 0 Å². The zero-order valence-corrected chi connectivity index (χ0v) is 10.2. The third-order valence-corrected chi connectivity index (χ3v) is 1.96. The summed E-state index contributed by atoms with van der Waals surface area (Å²) in [4.78, 5) is 8.07. The van der Waals surface area contributed by atoms with Crippen LogP contribution >= 0.6 is 11.6 Å². The van der Waals surface area contributed by atoms with E-state index in [1.54, 1.807) is 18.2 Å². The van der Waals surface area contributed by atoms with Crippen LogP contribution in [-0.4, -0.2) is 11.5 Å². The van der Waals surface area contributed by atoms with Crippen molar-refractivity contribution in [1.82, 2.24) is 0 Å². The second-order valence-corrected chi connectivity index (χ2v) is 4.65. The van der Waals surface area contributed by atoms with E-state index >= 15 is 0 Å². The van der Waals surface area contributed by atoms with E-state index in [9.17, 15) is 0 Å². The maximum absolute atomic E-state index is 8.88. The Labute approximate surface area is 100 Å². The van der Waals surface area contributed by atoms with E-state index in [2.05, 4.69) is 16.0 Å². The van der Waals surface area contributed by atoms with Gasteiger partial charge in [-0.05, 0) is 32.9 Å². The molecule has 0 fully saturated rings. The normalized spacial score (nSPS) is 10.2. The van der Waals surface area contributed by atoms with Crippen LogP contribution < -0.4 is 0 Å². The van der Waals surface area contributed by atoms with Crippen molar-refractivity contribution in [1.29, 1.82) is 5.26 Å². The lowest BCUT2D eigenvalue weighted by molar-refractivity contribution is 0.587. The number of rotatable bonds is 1. The van der Waals surface area contributed by atoms with Gasteiger partial charge in [0.1, 0.15) is 11.8 Å². The molecule has 0 saturated carbocycles. The van der Waals surface area contributed by atoms with E-state index in [1.807, 2.05) is 26.8 Å². The minimum absolute atomic E-state index is 0.239. The average molecular weight is 234 g/mol. The van der Waals surface area contributed by atoms with Gasteiger partial charge in [-0.25, -0.2) is 4.99 Å². The summed E-state index contributed by atoms with van der Waals surface area (Å²) >= 11 is 5.93. The lowest BCUT2D eigenvalue weighted by Gasteiger charge is -2.07. The SMILES string of the molecule is CC(C)(C)N=C=Nc1c(Cl)cccc1C#N. The molecule has 0 bridgehead atoms. The first kappa shape index (κ1) is 12.4. The zero-order chi connectivity index (χ0) is 12.2. The van der Waals surface area contributed by atoms with E-state index < -0.39 is 0 Å². The molecule has 0 aliphatic rings. The lowest BCUT2D eigenvalue weighted by atomic mass is 10.1. The molecule has 82 valence electrons. The maximum atomic E-state index is 8.88. The number of hydrogen-bond acceptors (Lipinski definition) is 3. The number of aliphatic imine (C=N–C) groups is 2. The number of nitriles is 1. The molecule has 16 heavy (non-hydrogen) atoms. The minimum atomic E-state index is -0.239. The standard InChI is InChI=1S/C12H12ClN3/c1-12(2,3)16-8-15-11-9(7-14)5-4-6-10(11)13/h4-6H,1-3H3. The molecule has 0 heterocycles. The predicted octanol–water partition coefficient (Wildman–Crippen LogP) is 3.82. The number of para-hydroxylation sites is 1. The Morgan fingerprint density at radius 1 is 1.31 bits per heavy atom. The lowest BCUT2D eigenvalue weighted by Crippen LogP contribution is -2.07. The summed E-state index contributed by atoms with van der Waals surface area (Å²) < 4.78 is 0. The highest BCUT2D eigenvalue weighted by atomic mass is 35.5. The largest absolute Gasteiger partial charge is 0.219 e. The van der Waals surface area contributed by atoms with Crippen molar-refractivity contribution in [3.05, 3.63) is 28.8 Å². The summed E-state index contributed by atoms with van der Waals surface area (Å²) in [6, 6.07) is 9.64. The van der Waals surface area contributed by atoms with Crippen LogP contribution in [0.25, 0.3) is 0 Å². The minimum Gasteiger partial charge on any atom is -0.219 e. The molecule has 0 aromatic heterocycles. The average Bonchev–Trinajstić information content (AvgIpc) is 2.18. The first-order valence-corrected chi connectivity index (χ1v) is 5.18. The van der Waals surface area contributed by atoms with Gasteiger partial charge < -0.3 is 0 Å². The fourth-order valence-electron chi connectivity index (χ4n) is 0.944. The van der Waals surface area contributed by atoms with Crippen molar-refractivity contribution in [3.63, 3.8) is 0 Å². The summed E-state index contributed by atoms with van der Waals surface area (Å²) in [5.41, 5.74) is 0.598. The number of hydrogen-bond donors (Lipinski definition) is 0. The van der Waals surface area contributed by atoms with E-state index in [-0.39, 0.29) is 5.54 Å². The molecule has 0 unspecified atom stereocenters. The van der Waals surface area contributed by atoms with E-state index in [0.29, 0.717) is 16.3 Å². The summed E-state index contributed by atoms with van der Waals surface area (Å²) in [5.74, 6) is 0. The molecular weight excluding hydrogens is 222 g/mol. The van der Waals surface area contributed by atoms with E-state index in [4.69, 9.17) is 16.9 Å². The van der Waals surface area contributed by atoms with E-state index in [1.165, 1.54) is 0 Å². The molecule has 0 aliphatic heterocycles. The summed E-state index contributed by atoms with van der Waals surface area (Å²) in [6.45, 7) is 5.81. The van der Waals surface area contributed by atoms with Gasteiger partial charge in [0.25, 0.3) is 0 Å². The van der Waals surface area contributed by atoms with Crippen LogP contribution in [0.3, 0.4) is 0 Å². The van der Waals surface area contributed by atoms with Gasteiger partial charge in [0, 0.05) is 0 Å². The highest BCUT2D eigenvalue weighted by Crippen LogP contribution is 2.27. The van der Waals surface area contributed by atoms with Gasteiger partial charge in [-0.1, -0.05) is 17.7 Å². The smallest absolute Gasteiger partial charge is 0.111 e. The highest BCUT2D eigenvalue weighted by Gasteiger charge is 2.06. The molecular formula is C12H12ClN3. The van der Waals surface area contributed by atoms with Crippen molar-refractivity contribution in [2.24, 2.45) is 9.98 Å². The third kappa shape index (κ3) is 3.51. The molecule has 0 spiro atoms. The molecule has 1 rings (SSSR count). The Morgan fingerprint density at radius 3 is 2.56 bits per heavy atom. The Hall–Kier alpha value is -1.62. The molecule has 0 atom stereocenters. The molecule has 0 radical (unpaired) electrons. The molecule has 3 nitrogen and oxygen atoms in total. The van der Waals surface area contributed by atoms with Crippen LogP contribution in [-0.2, 0) is 0 Å². The van der Waals surface area contributed by atoms with Crippen LogP contribution in [0.2, 0.25) is 5.02 Å². The van der Waals surface area contributed by atoms with Crippen molar-refractivity contribution in [3.8, 4) is 6.07 Å². The Morgan fingerprint density at radius 2 is 2.00 bits per heavy atom. The molecule has 1 aromatic carbocycles. The third-order valence-electron chi connectivity index (χ3n) is 1.65. The van der Waals surface area contributed by atoms with Crippen molar-refractivity contribution in [2.45, 2.75) is 26.3 Å². The molecule has 0 saturated heterocycles. The Balaban J connectivity index is 3.16. The van der Waals surface area contributed by atoms with Crippen LogP contribution in [0, 0.1) is 11.3 Å². The monoisotopic (exact) mass is 233 g/mol. The predicted molar refractivity (Wildman–Crippen MR) is 65.4 cm³/mol. The maximum Gasteiger partial charge on any atom is 0.111 e. The fourth-order valence-corrected chi connectivity index (χ4v) is 1.16. The van der Waals surface area contributed by atoms with Gasteiger partial charge in [0.2, 0.25) is 0 Å². The summed E-state index contributed by atoms with van der Waals surface area (Å²) in [7, 11) is 0. The van der Waals surface area contributed by atoms with E-state index in [0.717, 1.165) is 0 Å². The first-order chi connectivity index (χ1) is 7.44. The van der Waals surface area contributed by atoms with Crippen LogP contribution in [0.5, 0.6) is 0 Å². The molecule has 1 aromatic rings. The number of benzene rings is 1. The second-order valence-electron chi connectivity index (χ2n) is 4.24. The fraction of sp³-hybridized carbons (Fsp3) is 0.333. The number of halogens is 1. The van der Waals surface area contributed by atoms with Crippen LogP contribution in [0.1, 0.15) is 26.3 Å². The zero-order valence-electron chi connectivity index (χ0n) is 9.45. The first-order valence-electron chi connectivity index (χ1n) is 4.80. The summed E-state index contributed by atoms with van der Waals surface area (Å²) in [5, 5.41) is 9.30. The van der Waals surface area contributed by atoms with Gasteiger partial charge in [-0.15, -0.1) is 0 Å². The number of nitrogens with zero attached hydrogens (tertiary/aromatic N) is 3. The van der Waals surface area contributed by atoms with Crippen molar-refractivity contribution >= 4 is 23.3 Å². The van der Waals surface area contributed by atoms with Gasteiger partial charge in [-0.2, -0.15) is 10.3 Å². The van der Waals surface area contributed by atoms with Crippen LogP contribution in [0.15, 0.2) is 28.2 Å². The molecule has 0 N–H and O–H groups in total. The van der Waals surface area contributed by atoms with Gasteiger partial charge >= 0.3 is 0 Å². The summed E-state index contributed by atoms with van der Waals surface area (Å²) in [6.07, 6.45) is 0. The topological polar surface area (TPSA) is 48.5 Å². The van der Waals surface area contributed by atoms with Crippen LogP contribution in [0.4, 0.5) is 5.69 Å². The highest BCUT2D eigenvalue weighted by molar-refractivity contribution is 6.33. The van der Waals surface area contributed by atoms with Gasteiger partial charge in [-0.3, -0.25) is 0 Å².